The number of benzene rings is 1. The minimum atomic E-state index is -1.22. The Morgan fingerprint density at radius 2 is 2.00 bits per heavy atom. The number of amides is 1. The maximum atomic E-state index is 13.3. The second kappa shape index (κ2) is 7.13. The number of piperidine rings is 1. The van der Waals surface area contributed by atoms with Gasteiger partial charge in [-0.2, -0.15) is 5.26 Å². The van der Waals surface area contributed by atoms with Gasteiger partial charge in [0.05, 0.1) is 5.56 Å². The molecular formula is C19H21FN2O3. The highest BCUT2D eigenvalue weighted by atomic mass is 19.1. The zero-order valence-corrected chi connectivity index (χ0v) is 14.6. The molecule has 1 aliphatic heterocycles. The Bertz CT molecular complexity index is 758. The zero-order valence-electron chi connectivity index (χ0n) is 14.6. The molecule has 1 heterocycles. The van der Waals surface area contributed by atoms with Gasteiger partial charge in [-0.15, -0.1) is 0 Å². The SMILES string of the molecule is CC(C)(C)OC(=O)N1CCC(O)(C#Cc2ccc(F)c(C#N)c2)CC1. The number of carbonyl (C=O) groups is 1. The molecule has 2 rings (SSSR count). The van der Waals surface area contributed by atoms with Crippen molar-refractivity contribution in [3.05, 3.63) is 35.1 Å². The second-order valence-corrected chi connectivity index (χ2v) is 7.06. The molecule has 1 saturated heterocycles. The number of rotatable bonds is 0. The molecule has 0 saturated carbocycles. The molecule has 5 nitrogen and oxygen atoms in total. The van der Waals surface area contributed by atoms with Crippen LogP contribution in [0.4, 0.5) is 9.18 Å². The van der Waals surface area contributed by atoms with E-state index in [1.165, 1.54) is 18.2 Å². The van der Waals surface area contributed by atoms with E-state index in [0.717, 1.165) is 0 Å². The summed E-state index contributed by atoms with van der Waals surface area (Å²) < 4.78 is 18.6. The molecule has 1 aromatic rings. The van der Waals surface area contributed by atoms with Crippen molar-refractivity contribution in [2.24, 2.45) is 0 Å². The molecule has 1 aliphatic rings. The lowest BCUT2D eigenvalue weighted by Gasteiger charge is -2.35. The molecule has 25 heavy (non-hydrogen) atoms. The number of likely N-dealkylation sites (tertiary alicyclic amines) is 1. The van der Waals surface area contributed by atoms with E-state index in [1.54, 1.807) is 31.7 Å². The highest BCUT2D eigenvalue weighted by molar-refractivity contribution is 5.68. The van der Waals surface area contributed by atoms with Crippen LogP contribution in [0.25, 0.3) is 0 Å². The standard InChI is InChI=1S/C19H21FN2O3/c1-18(2,3)25-17(23)22-10-8-19(24,9-11-22)7-6-14-4-5-16(20)15(12-14)13-21/h4-5,12,24H,8-11H2,1-3H3. The molecule has 0 bridgehead atoms. The smallest absolute Gasteiger partial charge is 0.410 e. The van der Waals surface area contributed by atoms with Crippen LogP contribution in [0.3, 0.4) is 0 Å². The number of aliphatic hydroxyl groups is 1. The van der Waals surface area contributed by atoms with Gasteiger partial charge in [-0.25, -0.2) is 9.18 Å². The van der Waals surface area contributed by atoms with E-state index in [0.29, 0.717) is 31.5 Å². The summed E-state index contributed by atoms with van der Waals surface area (Å²) in [5, 5.41) is 19.4. The fourth-order valence-electron chi connectivity index (χ4n) is 2.39. The van der Waals surface area contributed by atoms with Crippen molar-refractivity contribution in [2.45, 2.75) is 44.8 Å². The third kappa shape index (κ3) is 5.20. The second-order valence-electron chi connectivity index (χ2n) is 7.06. The number of carbonyl (C=O) groups excluding carboxylic acids is 1. The van der Waals surface area contributed by atoms with Crippen LogP contribution in [-0.4, -0.2) is 40.4 Å². The molecule has 0 spiro atoms. The quantitative estimate of drug-likeness (QED) is 0.735. The maximum Gasteiger partial charge on any atom is 0.410 e. The summed E-state index contributed by atoms with van der Waals surface area (Å²) in [4.78, 5) is 13.6. The first-order chi connectivity index (χ1) is 11.6. The number of hydrogen-bond donors (Lipinski definition) is 1. The molecule has 1 N–H and O–H groups in total. The normalized spacial score (nSPS) is 16.4. The topological polar surface area (TPSA) is 73.6 Å². The van der Waals surface area contributed by atoms with Gasteiger partial charge in [-0.1, -0.05) is 11.8 Å². The van der Waals surface area contributed by atoms with Crippen LogP contribution in [0, 0.1) is 29.0 Å². The lowest BCUT2D eigenvalue weighted by atomic mass is 9.92. The van der Waals surface area contributed by atoms with Crippen molar-refractivity contribution in [3.63, 3.8) is 0 Å². The van der Waals surface area contributed by atoms with Gasteiger partial charge in [-0.05, 0) is 39.0 Å². The number of nitriles is 1. The molecule has 6 heteroatoms. The molecule has 0 aliphatic carbocycles. The van der Waals surface area contributed by atoms with Crippen molar-refractivity contribution in [2.75, 3.05) is 13.1 Å². The van der Waals surface area contributed by atoms with E-state index in [1.807, 2.05) is 0 Å². The highest BCUT2D eigenvalue weighted by Gasteiger charge is 2.34. The first-order valence-corrected chi connectivity index (χ1v) is 8.05. The van der Waals surface area contributed by atoms with Crippen LogP contribution >= 0.6 is 0 Å². The Hall–Kier alpha value is -2.57. The molecule has 1 amide bonds. The number of halogens is 1. The summed E-state index contributed by atoms with van der Waals surface area (Å²) >= 11 is 0. The van der Waals surface area contributed by atoms with Crippen molar-refractivity contribution in [3.8, 4) is 17.9 Å². The monoisotopic (exact) mass is 344 g/mol. The van der Waals surface area contributed by atoms with Crippen LogP contribution in [0.15, 0.2) is 18.2 Å². The Kier molecular flexibility index (Phi) is 5.35. The number of nitrogens with zero attached hydrogens (tertiary/aromatic N) is 2. The van der Waals surface area contributed by atoms with Crippen LogP contribution in [0.1, 0.15) is 44.7 Å². The predicted octanol–water partition coefficient (Wildman–Crippen LogP) is 2.81. The predicted molar refractivity (Wildman–Crippen MR) is 90.0 cm³/mol. The van der Waals surface area contributed by atoms with Crippen LogP contribution in [0.2, 0.25) is 0 Å². The largest absolute Gasteiger partial charge is 0.444 e. The van der Waals surface area contributed by atoms with Gasteiger partial charge in [-0.3, -0.25) is 0 Å². The highest BCUT2D eigenvalue weighted by Crippen LogP contribution is 2.23. The summed E-state index contributed by atoms with van der Waals surface area (Å²) in [6.07, 6.45) is 0.191. The Morgan fingerprint density at radius 3 is 2.56 bits per heavy atom. The summed E-state index contributed by atoms with van der Waals surface area (Å²) in [6.45, 7) is 6.08. The molecule has 0 radical (unpaired) electrons. The van der Waals surface area contributed by atoms with Gasteiger partial charge in [0.15, 0.2) is 0 Å². The number of hydrogen-bond acceptors (Lipinski definition) is 4. The Morgan fingerprint density at radius 1 is 1.36 bits per heavy atom. The van der Waals surface area contributed by atoms with Gasteiger partial charge in [0, 0.05) is 31.5 Å². The average Bonchev–Trinajstić information content (AvgIpc) is 2.53. The van der Waals surface area contributed by atoms with Crippen LogP contribution in [0.5, 0.6) is 0 Å². The maximum absolute atomic E-state index is 13.3. The Balaban J connectivity index is 2.02. The average molecular weight is 344 g/mol. The summed E-state index contributed by atoms with van der Waals surface area (Å²) in [5.41, 5.74) is -1.41. The molecule has 132 valence electrons. The minimum Gasteiger partial charge on any atom is -0.444 e. The van der Waals surface area contributed by atoms with Crippen molar-refractivity contribution >= 4 is 6.09 Å². The fourth-order valence-corrected chi connectivity index (χ4v) is 2.39. The lowest BCUT2D eigenvalue weighted by Crippen LogP contribution is -2.47. The first kappa shape index (κ1) is 18.8. The molecule has 0 aromatic heterocycles. The molecule has 1 fully saturated rings. The van der Waals surface area contributed by atoms with Crippen molar-refractivity contribution in [1.29, 1.82) is 5.26 Å². The van der Waals surface area contributed by atoms with Gasteiger partial charge < -0.3 is 14.7 Å². The van der Waals surface area contributed by atoms with E-state index in [4.69, 9.17) is 10.00 Å². The molecule has 0 unspecified atom stereocenters. The van der Waals surface area contributed by atoms with Gasteiger partial charge in [0.1, 0.15) is 23.1 Å². The van der Waals surface area contributed by atoms with E-state index < -0.39 is 23.1 Å². The van der Waals surface area contributed by atoms with Gasteiger partial charge in [0.25, 0.3) is 0 Å². The third-order valence-electron chi connectivity index (χ3n) is 3.77. The summed E-state index contributed by atoms with van der Waals surface area (Å²) in [6, 6.07) is 5.74. The molecule has 1 aromatic carbocycles. The first-order valence-electron chi connectivity index (χ1n) is 8.05. The molecular weight excluding hydrogens is 323 g/mol. The van der Waals surface area contributed by atoms with Crippen molar-refractivity contribution in [1.82, 2.24) is 4.90 Å². The lowest BCUT2D eigenvalue weighted by molar-refractivity contribution is -0.00514. The Labute approximate surface area is 147 Å². The van der Waals surface area contributed by atoms with Crippen LogP contribution < -0.4 is 0 Å². The van der Waals surface area contributed by atoms with Gasteiger partial charge in [0.2, 0.25) is 0 Å². The minimum absolute atomic E-state index is 0.0847. The third-order valence-corrected chi connectivity index (χ3v) is 3.77. The fraction of sp³-hybridized carbons (Fsp3) is 0.474. The summed E-state index contributed by atoms with van der Waals surface area (Å²) in [7, 11) is 0. The van der Waals surface area contributed by atoms with E-state index in [2.05, 4.69) is 11.8 Å². The molecule has 0 atom stereocenters. The number of ether oxygens (including phenoxy) is 1. The van der Waals surface area contributed by atoms with Crippen LogP contribution in [-0.2, 0) is 4.74 Å². The van der Waals surface area contributed by atoms with E-state index >= 15 is 0 Å². The van der Waals surface area contributed by atoms with Crippen molar-refractivity contribution < 1.29 is 19.0 Å². The zero-order chi connectivity index (χ0) is 18.7. The van der Waals surface area contributed by atoms with E-state index in [-0.39, 0.29) is 5.56 Å². The van der Waals surface area contributed by atoms with E-state index in [9.17, 15) is 14.3 Å². The summed E-state index contributed by atoms with van der Waals surface area (Å²) in [5.74, 6) is 4.97. The van der Waals surface area contributed by atoms with Gasteiger partial charge >= 0.3 is 6.09 Å².